The van der Waals surface area contributed by atoms with Gasteiger partial charge in [0, 0.05) is 46.1 Å². The van der Waals surface area contributed by atoms with Crippen LogP contribution in [-0.4, -0.2) is 36.9 Å². The molecule has 2 aromatic rings. The Balaban J connectivity index is 1.90. The molecule has 4 rings (SSSR count). The van der Waals surface area contributed by atoms with Gasteiger partial charge in [-0.15, -0.1) is 11.3 Å². The normalized spacial score (nSPS) is 23.2. The van der Waals surface area contributed by atoms with Crippen LogP contribution in [0.15, 0.2) is 64.6 Å². The molecule has 0 spiro atoms. The standard InChI is InChI=1S/C23H22N2O5S/c1-12-17(22(27)29-2)18(13-6-4-8-24-11-13)20-15(25-12)10-14(16-7-5-9-31-16)19(21(20)26)23(28)30-3/h4-9,11,14,18-19,25H,10H2,1-3H3/t14-,18+,19+/m1/s1. The molecule has 0 amide bonds. The zero-order valence-electron chi connectivity index (χ0n) is 17.4. The summed E-state index contributed by atoms with van der Waals surface area (Å²) in [6.45, 7) is 1.79. The van der Waals surface area contributed by atoms with Crippen LogP contribution in [0.4, 0.5) is 0 Å². The number of ether oxygens (including phenoxy) is 2. The van der Waals surface area contributed by atoms with Crippen LogP contribution in [0, 0.1) is 5.92 Å². The van der Waals surface area contributed by atoms with Gasteiger partial charge in [0.2, 0.25) is 0 Å². The van der Waals surface area contributed by atoms with Gasteiger partial charge >= 0.3 is 11.9 Å². The van der Waals surface area contributed by atoms with Gasteiger partial charge in [-0.1, -0.05) is 12.1 Å². The molecule has 0 fully saturated rings. The summed E-state index contributed by atoms with van der Waals surface area (Å²) in [7, 11) is 2.59. The van der Waals surface area contributed by atoms with E-state index in [1.54, 1.807) is 25.4 Å². The lowest BCUT2D eigenvalue weighted by atomic mass is 9.68. The van der Waals surface area contributed by atoms with E-state index in [1.807, 2.05) is 23.6 Å². The molecule has 0 bridgehead atoms. The fraction of sp³-hybridized carbons (Fsp3) is 0.304. The van der Waals surface area contributed by atoms with E-state index < -0.39 is 23.8 Å². The van der Waals surface area contributed by atoms with E-state index in [1.165, 1.54) is 25.6 Å². The monoisotopic (exact) mass is 438 g/mol. The first-order valence-corrected chi connectivity index (χ1v) is 10.7. The maximum atomic E-state index is 13.8. The van der Waals surface area contributed by atoms with Gasteiger partial charge in [0.15, 0.2) is 5.78 Å². The van der Waals surface area contributed by atoms with Crippen LogP contribution < -0.4 is 5.32 Å². The predicted octanol–water partition coefficient (Wildman–Crippen LogP) is 3.08. The minimum atomic E-state index is -0.985. The van der Waals surface area contributed by atoms with Crippen molar-refractivity contribution in [3.05, 3.63) is 75.0 Å². The number of carbonyl (C=O) groups excluding carboxylic acids is 3. The average Bonchev–Trinajstić information content (AvgIpc) is 3.32. The zero-order chi connectivity index (χ0) is 22.1. The van der Waals surface area contributed by atoms with E-state index in [2.05, 4.69) is 10.3 Å². The molecule has 1 aliphatic carbocycles. The van der Waals surface area contributed by atoms with Crippen molar-refractivity contribution in [3.63, 3.8) is 0 Å². The number of methoxy groups -OCH3 is 2. The molecule has 0 aromatic carbocycles. The first kappa shape index (κ1) is 21.0. The summed E-state index contributed by atoms with van der Waals surface area (Å²) in [5.41, 5.74) is 2.74. The third kappa shape index (κ3) is 3.57. The Bertz CT molecular complexity index is 1090. The van der Waals surface area contributed by atoms with Crippen molar-refractivity contribution in [2.45, 2.75) is 25.2 Å². The number of dihydropyridines is 1. The van der Waals surface area contributed by atoms with Crippen molar-refractivity contribution in [1.29, 1.82) is 0 Å². The van der Waals surface area contributed by atoms with Crippen molar-refractivity contribution in [2.75, 3.05) is 14.2 Å². The lowest BCUT2D eigenvalue weighted by molar-refractivity contribution is -0.149. The van der Waals surface area contributed by atoms with Gasteiger partial charge in [-0.2, -0.15) is 0 Å². The molecule has 0 saturated heterocycles. The first-order chi connectivity index (χ1) is 15.0. The van der Waals surface area contributed by atoms with Gasteiger partial charge in [-0.05, 0) is 36.4 Å². The van der Waals surface area contributed by atoms with Gasteiger partial charge in [0.05, 0.1) is 19.8 Å². The van der Waals surface area contributed by atoms with E-state index in [-0.39, 0.29) is 11.7 Å². The Morgan fingerprint density at radius 1 is 1.19 bits per heavy atom. The SMILES string of the molecule is COC(=O)C1=C(C)NC2=C(C(=O)[C@@H](C(=O)OC)[C@@H](c3cccs3)C2)[C@H]1c1cccnc1. The van der Waals surface area contributed by atoms with Crippen LogP contribution in [0.25, 0.3) is 0 Å². The number of carbonyl (C=O) groups is 3. The van der Waals surface area contributed by atoms with E-state index >= 15 is 0 Å². The number of pyridine rings is 1. The third-order valence-corrected chi connectivity index (χ3v) is 6.81. The van der Waals surface area contributed by atoms with Gasteiger partial charge in [-0.25, -0.2) is 4.79 Å². The largest absolute Gasteiger partial charge is 0.468 e. The summed E-state index contributed by atoms with van der Waals surface area (Å²) < 4.78 is 10.0. The number of thiophene rings is 1. The van der Waals surface area contributed by atoms with Crippen molar-refractivity contribution in [1.82, 2.24) is 10.3 Å². The van der Waals surface area contributed by atoms with E-state index in [4.69, 9.17) is 9.47 Å². The molecule has 3 heterocycles. The highest BCUT2D eigenvalue weighted by molar-refractivity contribution is 7.10. The van der Waals surface area contributed by atoms with Crippen molar-refractivity contribution >= 4 is 29.1 Å². The molecule has 3 atom stereocenters. The van der Waals surface area contributed by atoms with Crippen LogP contribution in [-0.2, 0) is 23.9 Å². The Morgan fingerprint density at radius 3 is 2.61 bits per heavy atom. The summed E-state index contributed by atoms with van der Waals surface area (Å²) in [6, 6.07) is 7.39. The minimum Gasteiger partial charge on any atom is -0.468 e. The molecule has 0 saturated carbocycles. The van der Waals surface area contributed by atoms with Crippen molar-refractivity contribution in [2.24, 2.45) is 5.92 Å². The topological polar surface area (TPSA) is 94.6 Å². The number of rotatable bonds is 4. The number of hydrogen-bond acceptors (Lipinski definition) is 8. The van der Waals surface area contributed by atoms with Gasteiger partial charge < -0.3 is 14.8 Å². The smallest absolute Gasteiger partial charge is 0.336 e. The third-order valence-electron chi connectivity index (χ3n) is 5.81. The van der Waals surface area contributed by atoms with E-state index in [0.717, 1.165) is 4.88 Å². The summed E-state index contributed by atoms with van der Waals surface area (Å²) in [5.74, 6) is -3.46. The molecule has 1 aliphatic heterocycles. The lowest BCUT2D eigenvalue weighted by Gasteiger charge is -2.38. The highest BCUT2D eigenvalue weighted by atomic mass is 32.1. The molecular formula is C23H22N2O5S. The van der Waals surface area contributed by atoms with Gasteiger partial charge in [0.1, 0.15) is 5.92 Å². The number of aromatic nitrogens is 1. The Kier molecular flexibility index (Phi) is 5.73. The number of hydrogen-bond donors (Lipinski definition) is 1. The number of allylic oxidation sites excluding steroid dienone is 3. The molecular weight excluding hydrogens is 416 g/mol. The average molecular weight is 439 g/mol. The molecule has 31 heavy (non-hydrogen) atoms. The van der Waals surface area contributed by atoms with E-state index in [9.17, 15) is 14.4 Å². The second-order valence-electron chi connectivity index (χ2n) is 7.46. The quantitative estimate of drug-likeness (QED) is 0.579. The number of nitrogens with zero attached hydrogens (tertiary/aromatic N) is 1. The van der Waals surface area contributed by atoms with Crippen LogP contribution in [0.5, 0.6) is 0 Å². The zero-order valence-corrected chi connectivity index (χ0v) is 18.2. The van der Waals surface area contributed by atoms with Crippen molar-refractivity contribution < 1.29 is 23.9 Å². The van der Waals surface area contributed by atoms with Crippen molar-refractivity contribution in [3.8, 4) is 0 Å². The fourth-order valence-electron chi connectivity index (χ4n) is 4.46. The maximum Gasteiger partial charge on any atom is 0.336 e. The van der Waals surface area contributed by atoms with Crippen LogP contribution in [0.3, 0.4) is 0 Å². The Morgan fingerprint density at radius 2 is 2.00 bits per heavy atom. The second-order valence-corrected chi connectivity index (χ2v) is 8.44. The molecule has 0 radical (unpaired) electrons. The first-order valence-electron chi connectivity index (χ1n) is 9.82. The highest BCUT2D eigenvalue weighted by Crippen LogP contribution is 2.48. The van der Waals surface area contributed by atoms with Crippen LogP contribution in [0.1, 0.15) is 35.6 Å². The molecule has 0 unspecified atom stereocenters. The highest BCUT2D eigenvalue weighted by Gasteiger charge is 2.49. The van der Waals surface area contributed by atoms with Crippen LogP contribution in [0.2, 0.25) is 0 Å². The number of ketones is 1. The summed E-state index contributed by atoms with van der Waals surface area (Å²) in [6.07, 6.45) is 3.70. The number of esters is 2. The molecule has 7 nitrogen and oxygen atoms in total. The fourth-order valence-corrected chi connectivity index (χ4v) is 5.33. The minimum absolute atomic E-state index is 0.334. The molecule has 8 heteroatoms. The second kappa shape index (κ2) is 8.47. The predicted molar refractivity (Wildman–Crippen MR) is 114 cm³/mol. The number of nitrogens with one attached hydrogen (secondary N) is 1. The summed E-state index contributed by atoms with van der Waals surface area (Å²) in [4.78, 5) is 44.4. The number of Topliss-reactive ketones (excluding diaryl/α,β-unsaturated/α-hetero) is 1. The molecule has 2 aromatic heterocycles. The Labute approximate surface area is 183 Å². The van der Waals surface area contributed by atoms with Crippen LogP contribution >= 0.6 is 11.3 Å². The summed E-state index contributed by atoms with van der Waals surface area (Å²) >= 11 is 1.50. The lowest BCUT2D eigenvalue weighted by Crippen LogP contribution is -2.43. The van der Waals surface area contributed by atoms with Gasteiger partial charge in [0.25, 0.3) is 0 Å². The molecule has 1 N–H and O–H groups in total. The van der Waals surface area contributed by atoms with Gasteiger partial charge in [-0.3, -0.25) is 14.6 Å². The Hall–Kier alpha value is -3.26. The van der Waals surface area contributed by atoms with E-state index in [0.29, 0.717) is 34.5 Å². The molecule has 160 valence electrons. The molecule has 2 aliphatic rings. The summed E-state index contributed by atoms with van der Waals surface area (Å²) in [5, 5.41) is 5.17. The maximum absolute atomic E-state index is 13.8.